The fourth-order valence-electron chi connectivity index (χ4n) is 3.21. The fraction of sp³-hybridized carbons (Fsp3) is 0.800. The van der Waals surface area contributed by atoms with Gasteiger partial charge in [-0.1, -0.05) is 32.6 Å². The first-order valence-electron chi connectivity index (χ1n) is 7.59. The van der Waals surface area contributed by atoms with Gasteiger partial charge in [0.25, 0.3) is 0 Å². The molecule has 0 saturated heterocycles. The molecule has 0 aliphatic heterocycles. The SMILES string of the molecule is CCNC(CC1CCCC1)c1c(Br)cnn1C(C)C. The summed E-state index contributed by atoms with van der Waals surface area (Å²) in [5.41, 5.74) is 1.32. The molecule has 19 heavy (non-hydrogen) atoms. The third kappa shape index (κ3) is 3.60. The molecule has 1 unspecified atom stereocenters. The number of rotatable bonds is 6. The third-order valence-electron chi connectivity index (χ3n) is 4.10. The Labute approximate surface area is 125 Å². The highest BCUT2D eigenvalue weighted by atomic mass is 79.9. The van der Waals surface area contributed by atoms with Crippen LogP contribution in [-0.2, 0) is 0 Å². The van der Waals surface area contributed by atoms with Crippen molar-refractivity contribution in [3.05, 3.63) is 16.4 Å². The number of aromatic nitrogens is 2. The summed E-state index contributed by atoms with van der Waals surface area (Å²) in [6.07, 6.45) is 8.80. The van der Waals surface area contributed by atoms with Crippen LogP contribution in [0, 0.1) is 5.92 Å². The minimum atomic E-state index is 0.408. The summed E-state index contributed by atoms with van der Waals surface area (Å²) in [7, 11) is 0. The Bertz CT molecular complexity index is 394. The molecule has 1 aliphatic rings. The first-order valence-corrected chi connectivity index (χ1v) is 8.39. The quantitative estimate of drug-likeness (QED) is 0.836. The zero-order valence-electron chi connectivity index (χ0n) is 12.3. The predicted molar refractivity (Wildman–Crippen MR) is 83.3 cm³/mol. The van der Waals surface area contributed by atoms with Gasteiger partial charge in [-0.15, -0.1) is 0 Å². The van der Waals surface area contributed by atoms with E-state index in [4.69, 9.17) is 0 Å². The molecule has 1 fully saturated rings. The van der Waals surface area contributed by atoms with Crippen molar-refractivity contribution in [1.82, 2.24) is 15.1 Å². The smallest absolute Gasteiger partial charge is 0.0698 e. The van der Waals surface area contributed by atoms with Crippen molar-refractivity contribution in [3.8, 4) is 0 Å². The van der Waals surface area contributed by atoms with Gasteiger partial charge in [0, 0.05) is 6.04 Å². The van der Waals surface area contributed by atoms with Gasteiger partial charge in [0.2, 0.25) is 0 Å². The van der Waals surface area contributed by atoms with Crippen LogP contribution in [0.2, 0.25) is 0 Å². The normalized spacial score (nSPS) is 18.4. The summed E-state index contributed by atoms with van der Waals surface area (Å²) in [5, 5.41) is 8.18. The van der Waals surface area contributed by atoms with Crippen molar-refractivity contribution in [1.29, 1.82) is 0 Å². The lowest BCUT2D eigenvalue weighted by molar-refractivity contribution is 0.369. The van der Waals surface area contributed by atoms with E-state index in [1.165, 1.54) is 37.8 Å². The van der Waals surface area contributed by atoms with E-state index in [1.807, 2.05) is 6.20 Å². The molecule has 1 heterocycles. The molecule has 0 radical (unpaired) electrons. The predicted octanol–water partition coefficient (Wildman–Crippen LogP) is 4.46. The number of nitrogens with zero attached hydrogens (tertiary/aromatic N) is 2. The Morgan fingerprint density at radius 2 is 2.11 bits per heavy atom. The van der Waals surface area contributed by atoms with Crippen molar-refractivity contribution < 1.29 is 0 Å². The second-order valence-corrected chi connectivity index (χ2v) is 6.77. The van der Waals surface area contributed by atoms with Gasteiger partial charge in [0.1, 0.15) is 0 Å². The van der Waals surface area contributed by atoms with Gasteiger partial charge in [-0.05, 0) is 48.7 Å². The van der Waals surface area contributed by atoms with Crippen LogP contribution in [0.25, 0.3) is 0 Å². The fourth-order valence-corrected chi connectivity index (χ4v) is 3.76. The Morgan fingerprint density at radius 1 is 1.42 bits per heavy atom. The largest absolute Gasteiger partial charge is 0.309 e. The van der Waals surface area contributed by atoms with Crippen molar-refractivity contribution >= 4 is 15.9 Å². The first-order chi connectivity index (χ1) is 9.13. The zero-order chi connectivity index (χ0) is 13.8. The molecule has 0 spiro atoms. The second kappa shape index (κ2) is 6.89. The monoisotopic (exact) mass is 327 g/mol. The van der Waals surface area contributed by atoms with Crippen LogP contribution >= 0.6 is 15.9 Å². The molecule has 0 aromatic carbocycles. The van der Waals surface area contributed by atoms with Crippen LogP contribution < -0.4 is 5.32 Å². The Hall–Kier alpha value is -0.350. The summed E-state index contributed by atoms with van der Waals surface area (Å²) in [6.45, 7) is 7.59. The van der Waals surface area contributed by atoms with E-state index >= 15 is 0 Å². The van der Waals surface area contributed by atoms with E-state index in [9.17, 15) is 0 Å². The highest BCUT2D eigenvalue weighted by Gasteiger charge is 2.25. The molecule has 1 N–H and O–H groups in total. The van der Waals surface area contributed by atoms with E-state index in [1.54, 1.807) is 0 Å². The average Bonchev–Trinajstić information content (AvgIpc) is 2.97. The maximum atomic E-state index is 4.52. The van der Waals surface area contributed by atoms with Crippen LogP contribution in [0.3, 0.4) is 0 Å². The lowest BCUT2D eigenvalue weighted by atomic mass is 9.96. The van der Waals surface area contributed by atoms with Gasteiger partial charge in [-0.3, -0.25) is 4.68 Å². The highest BCUT2D eigenvalue weighted by molar-refractivity contribution is 9.10. The van der Waals surface area contributed by atoms with Gasteiger partial charge in [0.05, 0.1) is 22.4 Å². The lowest BCUT2D eigenvalue weighted by Crippen LogP contribution is -2.26. The number of hydrogen-bond donors (Lipinski definition) is 1. The average molecular weight is 328 g/mol. The summed E-state index contributed by atoms with van der Waals surface area (Å²) < 4.78 is 3.30. The minimum Gasteiger partial charge on any atom is -0.309 e. The number of hydrogen-bond acceptors (Lipinski definition) is 2. The van der Waals surface area contributed by atoms with Crippen LogP contribution in [0.5, 0.6) is 0 Å². The van der Waals surface area contributed by atoms with Crippen LogP contribution in [-0.4, -0.2) is 16.3 Å². The van der Waals surface area contributed by atoms with Crippen molar-refractivity contribution in [3.63, 3.8) is 0 Å². The van der Waals surface area contributed by atoms with Crippen LogP contribution in [0.1, 0.15) is 70.7 Å². The molecular weight excluding hydrogens is 302 g/mol. The van der Waals surface area contributed by atoms with Crippen LogP contribution in [0.4, 0.5) is 0 Å². The molecule has 0 bridgehead atoms. The van der Waals surface area contributed by atoms with Crippen molar-refractivity contribution in [2.75, 3.05) is 6.54 Å². The number of nitrogens with one attached hydrogen (secondary N) is 1. The Morgan fingerprint density at radius 3 is 2.68 bits per heavy atom. The van der Waals surface area contributed by atoms with Gasteiger partial charge >= 0.3 is 0 Å². The molecule has 0 amide bonds. The molecule has 1 aromatic heterocycles. The zero-order valence-corrected chi connectivity index (χ0v) is 13.9. The van der Waals surface area contributed by atoms with Gasteiger partial charge in [-0.2, -0.15) is 5.10 Å². The third-order valence-corrected chi connectivity index (χ3v) is 4.71. The van der Waals surface area contributed by atoms with E-state index in [2.05, 4.69) is 51.8 Å². The topological polar surface area (TPSA) is 29.9 Å². The summed E-state index contributed by atoms with van der Waals surface area (Å²) in [6, 6.07) is 0.832. The number of halogens is 1. The molecule has 1 atom stereocenters. The molecular formula is C15H26BrN3. The molecule has 108 valence electrons. The summed E-state index contributed by atoms with van der Waals surface area (Å²) >= 11 is 3.68. The maximum absolute atomic E-state index is 4.52. The highest BCUT2D eigenvalue weighted by Crippen LogP contribution is 2.35. The Kier molecular flexibility index (Phi) is 5.46. The minimum absolute atomic E-state index is 0.408. The van der Waals surface area contributed by atoms with E-state index in [0.717, 1.165) is 16.9 Å². The lowest BCUT2D eigenvalue weighted by Gasteiger charge is -2.24. The van der Waals surface area contributed by atoms with Gasteiger partial charge < -0.3 is 5.32 Å². The summed E-state index contributed by atoms with van der Waals surface area (Å²) in [5.74, 6) is 0.881. The van der Waals surface area contributed by atoms with E-state index < -0.39 is 0 Å². The molecule has 1 aromatic rings. The standard InChI is InChI=1S/C15H26BrN3/c1-4-17-14(9-12-7-5-6-8-12)15-13(16)10-18-19(15)11(2)3/h10-12,14,17H,4-9H2,1-3H3. The van der Waals surface area contributed by atoms with Gasteiger partial charge in [-0.25, -0.2) is 0 Å². The van der Waals surface area contributed by atoms with Crippen molar-refractivity contribution in [2.45, 2.75) is 65.0 Å². The first kappa shape index (κ1) is 15.0. The maximum Gasteiger partial charge on any atom is 0.0698 e. The van der Waals surface area contributed by atoms with E-state index in [0.29, 0.717) is 12.1 Å². The summed E-state index contributed by atoms with van der Waals surface area (Å²) in [4.78, 5) is 0. The Balaban J connectivity index is 2.19. The molecule has 1 saturated carbocycles. The van der Waals surface area contributed by atoms with E-state index in [-0.39, 0.29) is 0 Å². The molecule has 1 aliphatic carbocycles. The second-order valence-electron chi connectivity index (χ2n) is 5.91. The molecule has 3 nitrogen and oxygen atoms in total. The van der Waals surface area contributed by atoms with Crippen LogP contribution in [0.15, 0.2) is 10.7 Å². The van der Waals surface area contributed by atoms with Crippen molar-refractivity contribution in [2.24, 2.45) is 5.92 Å². The molecule has 4 heteroatoms. The molecule has 2 rings (SSSR count). The van der Waals surface area contributed by atoms with Gasteiger partial charge in [0.15, 0.2) is 0 Å².